The smallest absolute Gasteiger partial charge is 0.119 e. The molecule has 0 aliphatic heterocycles. The number of hydrogen-bond donors (Lipinski definition) is 1. The SMILES string of the molecule is CCOc1ccc(-c2sc(C)nc2CN)cc1. The zero-order valence-corrected chi connectivity index (χ0v) is 10.9. The van der Waals surface area contributed by atoms with Gasteiger partial charge in [-0.05, 0) is 43.7 Å². The lowest BCUT2D eigenvalue weighted by Gasteiger charge is -2.04. The number of nitrogens with zero attached hydrogens (tertiary/aromatic N) is 1. The summed E-state index contributed by atoms with van der Waals surface area (Å²) < 4.78 is 5.42. The molecule has 17 heavy (non-hydrogen) atoms. The first-order valence-electron chi connectivity index (χ1n) is 5.64. The first-order chi connectivity index (χ1) is 8.24. The molecule has 0 atom stereocenters. The molecule has 4 heteroatoms. The first-order valence-corrected chi connectivity index (χ1v) is 6.46. The highest BCUT2D eigenvalue weighted by molar-refractivity contribution is 7.15. The lowest BCUT2D eigenvalue weighted by Crippen LogP contribution is -1.98. The van der Waals surface area contributed by atoms with Crippen molar-refractivity contribution in [2.75, 3.05) is 6.61 Å². The molecule has 0 unspecified atom stereocenters. The maximum Gasteiger partial charge on any atom is 0.119 e. The van der Waals surface area contributed by atoms with Gasteiger partial charge >= 0.3 is 0 Å². The average molecular weight is 248 g/mol. The van der Waals surface area contributed by atoms with Gasteiger partial charge in [0.05, 0.1) is 22.2 Å². The van der Waals surface area contributed by atoms with Crippen LogP contribution in [0.5, 0.6) is 5.75 Å². The molecule has 2 aromatic rings. The van der Waals surface area contributed by atoms with Gasteiger partial charge in [0.15, 0.2) is 0 Å². The Bertz CT molecular complexity index is 491. The molecule has 2 rings (SSSR count). The van der Waals surface area contributed by atoms with E-state index in [9.17, 15) is 0 Å². The molecule has 0 aliphatic rings. The van der Waals surface area contributed by atoms with E-state index in [0.29, 0.717) is 13.2 Å². The fraction of sp³-hybridized carbons (Fsp3) is 0.308. The van der Waals surface area contributed by atoms with E-state index in [1.807, 2.05) is 26.0 Å². The summed E-state index contributed by atoms with van der Waals surface area (Å²) in [7, 11) is 0. The monoisotopic (exact) mass is 248 g/mol. The van der Waals surface area contributed by atoms with E-state index >= 15 is 0 Å². The van der Waals surface area contributed by atoms with Crippen LogP contribution in [0.25, 0.3) is 10.4 Å². The molecule has 2 N–H and O–H groups in total. The molecule has 0 radical (unpaired) electrons. The molecule has 1 aromatic carbocycles. The third kappa shape index (κ3) is 2.65. The second kappa shape index (κ2) is 5.29. The number of rotatable bonds is 4. The second-order valence-electron chi connectivity index (χ2n) is 3.67. The summed E-state index contributed by atoms with van der Waals surface area (Å²) in [6.07, 6.45) is 0. The standard InChI is InChI=1S/C13H16N2OS/c1-3-16-11-6-4-10(5-7-11)13-12(8-14)15-9(2)17-13/h4-7H,3,8,14H2,1-2H3. The quantitative estimate of drug-likeness (QED) is 0.905. The van der Waals surface area contributed by atoms with E-state index in [1.54, 1.807) is 11.3 Å². The summed E-state index contributed by atoms with van der Waals surface area (Å²) >= 11 is 1.68. The lowest BCUT2D eigenvalue weighted by atomic mass is 10.1. The van der Waals surface area contributed by atoms with Crippen LogP contribution in [0.1, 0.15) is 17.6 Å². The van der Waals surface area contributed by atoms with Crippen LogP contribution in [0, 0.1) is 6.92 Å². The Hall–Kier alpha value is -1.39. The van der Waals surface area contributed by atoms with Crippen molar-refractivity contribution in [3.63, 3.8) is 0 Å². The van der Waals surface area contributed by atoms with Crippen LogP contribution >= 0.6 is 11.3 Å². The molecule has 90 valence electrons. The van der Waals surface area contributed by atoms with Gasteiger partial charge in [-0.2, -0.15) is 0 Å². The Labute approximate surface area is 105 Å². The highest BCUT2D eigenvalue weighted by Gasteiger charge is 2.09. The topological polar surface area (TPSA) is 48.1 Å². The third-order valence-electron chi connectivity index (χ3n) is 2.43. The van der Waals surface area contributed by atoms with Gasteiger partial charge in [0.2, 0.25) is 0 Å². The Morgan fingerprint density at radius 1 is 1.29 bits per heavy atom. The van der Waals surface area contributed by atoms with Crippen LogP contribution < -0.4 is 10.5 Å². The molecule has 0 saturated heterocycles. The molecule has 0 fully saturated rings. The van der Waals surface area contributed by atoms with Crippen LogP contribution in [0.15, 0.2) is 24.3 Å². The van der Waals surface area contributed by atoms with E-state index in [-0.39, 0.29) is 0 Å². The maximum atomic E-state index is 5.70. The van der Waals surface area contributed by atoms with Crippen molar-refractivity contribution in [1.82, 2.24) is 4.98 Å². The largest absolute Gasteiger partial charge is 0.494 e. The van der Waals surface area contributed by atoms with E-state index < -0.39 is 0 Å². The zero-order chi connectivity index (χ0) is 12.3. The van der Waals surface area contributed by atoms with Crippen LogP contribution in [0.3, 0.4) is 0 Å². The summed E-state index contributed by atoms with van der Waals surface area (Å²) in [5.74, 6) is 0.895. The Kier molecular flexibility index (Phi) is 3.76. The van der Waals surface area contributed by atoms with Gasteiger partial charge < -0.3 is 10.5 Å². The van der Waals surface area contributed by atoms with Crippen molar-refractivity contribution < 1.29 is 4.74 Å². The van der Waals surface area contributed by atoms with E-state index in [4.69, 9.17) is 10.5 Å². The highest BCUT2D eigenvalue weighted by atomic mass is 32.1. The predicted molar refractivity (Wildman–Crippen MR) is 71.3 cm³/mol. The minimum absolute atomic E-state index is 0.479. The van der Waals surface area contributed by atoms with Crippen molar-refractivity contribution in [2.45, 2.75) is 20.4 Å². The van der Waals surface area contributed by atoms with Gasteiger partial charge in [-0.25, -0.2) is 4.98 Å². The fourth-order valence-electron chi connectivity index (χ4n) is 1.70. The maximum absolute atomic E-state index is 5.70. The molecule has 0 aliphatic carbocycles. The van der Waals surface area contributed by atoms with Crippen molar-refractivity contribution in [1.29, 1.82) is 0 Å². The van der Waals surface area contributed by atoms with Gasteiger partial charge in [-0.3, -0.25) is 0 Å². The van der Waals surface area contributed by atoms with Crippen LogP contribution in [0.2, 0.25) is 0 Å². The van der Waals surface area contributed by atoms with E-state index in [2.05, 4.69) is 17.1 Å². The number of aryl methyl sites for hydroxylation is 1. The Morgan fingerprint density at radius 3 is 2.59 bits per heavy atom. The Morgan fingerprint density at radius 2 is 2.00 bits per heavy atom. The molecule has 0 bridgehead atoms. The van der Waals surface area contributed by atoms with Gasteiger partial charge in [0, 0.05) is 6.54 Å². The average Bonchev–Trinajstić information content (AvgIpc) is 2.72. The zero-order valence-electron chi connectivity index (χ0n) is 10.1. The third-order valence-corrected chi connectivity index (χ3v) is 3.49. The van der Waals surface area contributed by atoms with Crippen LogP contribution in [0.4, 0.5) is 0 Å². The van der Waals surface area contributed by atoms with Crippen LogP contribution in [-0.4, -0.2) is 11.6 Å². The van der Waals surface area contributed by atoms with Crippen molar-refractivity contribution in [3.05, 3.63) is 35.0 Å². The molecule has 0 saturated carbocycles. The summed E-state index contributed by atoms with van der Waals surface area (Å²) in [6, 6.07) is 8.07. The van der Waals surface area contributed by atoms with Gasteiger partial charge in [0.25, 0.3) is 0 Å². The molecule has 0 amide bonds. The second-order valence-corrected chi connectivity index (χ2v) is 4.87. The summed E-state index contributed by atoms with van der Waals surface area (Å²) in [4.78, 5) is 5.59. The van der Waals surface area contributed by atoms with Gasteiger partial charge in [0.1, 0.15) is 5.75 Å². The molecule has 3 nitrogen and oxygen atoms in total. The normalized spacial score (nSPS) is 10.5. The fourth-order valence-corrected chi connectivity index (χ4v) is 2.66. The molecule has 1 heterocycles. The Balaban J connectivity index is 2.32. The predicted octanol–water partition coefficient (Wildman–Crippen LogP) is 2.98. The molecule has 0 spiro atoms. The number of nitrogens with two attached hydrogens (primary N) is 1. The summed E-state index contributed by atoms with van der Waals surface area (Å²) in [5, 5.41) is 1.05. The molecule has 1 aromatic heterocycles. The first kappa shape index (κ1) is 12.1. The van der Waals surface area contributed by atoms with Crippen molar-refractivity contribution in [3.8, 4) is 16.2 Å². The van der Waals surface area contributed by atoms with E-state index in [1.165, 1.54) is 0 Å². The number of thiazole rings is 1. The number of ether oxygens (including phenoxy) is 1. The minimum Gasteiger partial charge on any atom is -0.494 e. The van der Waals surface area contributed by atoms with E-state index in [0.717, 1.165) is 26.9 Å². The summed E-state index contributed by atoms with van der Waals surface area (Å²) in [6.45, 7) is 5.15. The summed E-state index contributed by atoms with van der Waals surface area (Å²) in [5.41, 5.74) is 7.82. The highest BCUT2D eigenvalue weighted by Crippen LogP contribution is 2.31. The number of hydrogen-bond acceptors (Lipinski definition) is 4. The number of benzene rings is 1. The van der Waals surface area contributed by atoms with Crippen molar-refractivity contribution in [2.24, 2.45) is 5.73 Å². The molecular weight excluding hydrogens is 232 g/mol. The number of aromatic nitrogens is 1. The van der Waals surface area contributed by atoms with Gasteiger partial charge in [-0.15, -0.1) is 11.3 Å². The van der Waals surface area contributed by atoms with Crippen LogP contribution in [-0.2, 0) is 6.54 Å². The van der Waals surface area contributed by atoms with Gasteiger partial charge in [-0.1, -0.05) is 0 Å². The minimum atomic E-state index is 0.479. The lowest BCUT2D eigenvalue weighted by molar-refractivity contribution is 0.340. The molecular formula is C13H16N2OS. The van der Waals surface area contributed by atoms with Crippen molar-refractivity contribution >= 4 is 11.3 Å².